The Morgan fingerprint density at radius 1 is 0.667 bits per heavy atom. The first kappa shape index (κ1) is 60.1. The molecule has 0 bridgehead atoms. The second-order valence-corrected chi connectivity index (χ2v) is 16.9. The third-order valence-corrected chi connectivity index (χ3v) is 10.0. The van der Waals surface area contributed by atoms with Crippen molar-refractivity contribution in [3.05, 3.63) is 121 Å². The third-order valence-electron chi connectivity index (χ3n) is 10.0. The van der Waals surface area contributed by atoms with Crippen LogP contribution < -0.4 is 4.90 Å². The molecule has 66 heavy (non-hydrogen) atoms. The summed E-state index contributed by atoms with van der Waals surface area (Å²) in [5.41, 5.74) is 2.60. The molecule has 13 heteroatoms. The maximum absolute atomic E-state index is 12.4. The van der Waals surface area contributed by atoms with Crippen molar-refractivity contribution >= 4 is 35.6 Å². The smallest absolute Gasteiger partial charge is 0.348 e. The van der Waals surface area contributed by atoms with Crippen molar-refractivity contribution in [3.63, 3.8) is 0 Å². The molecule has 2 aliphatic carbocycles. The lowest BCUT2D eigenvalue weighted by atomic mass is 9.79. The van der Waals surface area contributed by atoms with E-state index in [1.165, 1.54) is 32.9 Å². The van der Waals surface area contributed by atoms with E-state index >= 15 is 0 Å². The topological polar surface area (TPSA) is 177 Å². The Balaban J connectivity index is 0.000000847. The molecule has 1 aromatic heterocycles. The van der Waals surface area contributed by atoms with Gasteiger partial charge in [-0.1, -0.05) is 107 Å². The second kappa shape index (κ2) is 31.9. The number of anilines is 1. The van der Waals surface area contributed by atoms with Crippen LogP contribution in [-0.4, -0.2) is 83.5 Å². The monoisotopic (exact) mass is 915 g/mol. The molecule has 2 aliphatic rings. The molecule has 13 nitrogen and oxygen atoms in total. The Morgan fingerprint density at radius 3 is 1.45 bits per heavy atom. The lowest BCUT2D eigenvalue weighted by Gasteiger charge is -2.37. The number of rotatable bonds is 12. The van der Waals surface area contributed by atoms with Crippen LogP contribution in [0.3, 0.4) is 0 Å². The van der Waals surface area contributed by atoms with Gasteiger partial charge in [0.15, 0.2) is 12.2 Å². The highest BCUT2D eigenvalue weighted by molar-refractivity contribution is 5.89. The van der Waals surface area contributed by atoms with Gasteiger partial charge in [-0.15, -0.1) is 0 Å². The van der Waals surface area contributed by atoms with Crippen LogP contribution in [0.15, 0.2) is 119 Å². The summed E-state index contributed by atoms with van der Waals surface area (Å²) in [6.45, 7) is 20.6. The van der Waals surface area contributed by atoms with Crippen molar-refractivity contribution in [3.8, 4) is 0 Å². The Morgan fingerprint density at radius 2 is 1.08 bits per heavy atom. The fraction of sp³-hybridized carbons (Fsp3) is 0.509. The van der Waals surface area contributed by atoms with E-state index in [1.54, 1.807) is 19.3 Å². The molecule has 0 spiro atoms. The van der Waals surface area contributed by atoms with E-state index in [0.29, 0.717) is 12.1 Å². The number of aliphatic imine (C=N–C) groups is 2. The van der Waals surface area contributed by atoms with Crippen LogP contribution in [0, 0.1) is 0 Å². The summed E-state index contributed by atoms with van der Waals surface area (Å²) < 4.78 is 15.4. The van der Waals surface area contributed by atoms with Crippen LogP contribution >= 0.6 is 0 Å². The number of hydrogen-bond donors (Lipinski definition) is 2. The molecule has 2 aromatic carbocycles. The van der Waals surface area contributed by atoms with Gasteiger partial charge in [0, 0.05) is 43.3 Å². The molecule has 2 N–H and O–H groups in total. The Bertz CT molecular complexity index is 1940. The molecule has 364 valence electrons. The van der Waals surface area contributed by atoms with Gasteiger partial charge in [-0.3, -0.25) is 4.98 Å². The number of carboxylic acid groups (broad SMARTS) is 1. The molecular formula is C53H78N4O9. The minimum atomic E-state index is -1.17. The predicted molar refractivity (Wildman–Crippen MR) is 265 cm³/mol. The van der Waals surface area contributed by atoms with Crippen LogP contribution in [0.1, 0.15) is 138 Å². The molecule has 0 amide bonds. The Hall–Kier alpha value is -5.91. The molecule has 0 saturated heterocycles. The number of aliphatic hydroxyl groups is 1. The fourth-order valence-electron chi connectivity index (χ4n) is 6.29. The van der Waals surface area contributed by atoms with Gasteiger partial charge in [0.05, 0.1) is 23.7 Å². The summed E-state index contributed by atoms with van der Waals surface area (Å²) in [6.07, 6.45) is 11.7. The minimum Gasteiger partial charge on any atom is -0.479 e. The van der Waals surface area contributed by atoms with Crippen molar-refractivity contribution in [2.24, 2.45) is 9.98 Å². The zero-order valence-corrected chi connectivity index (χ0v) is 40.4. The lowest BCUT2D eigenvalue weighted by Crippen LogP contribution is -2.39. The SMILES string of the molecule is C.C=C(C)C(=O)OC(C)C(=O)O.C=C(C)C(=O)OC(C)C(=O)OC1(c2ccccc2)CCCCC1.CC(C)N=C=NC(C)C.CN(C)c1ccncc1.OC1(c2ccccc2)CCCCC1. The first-order chi connectivity index (χ1) is 30.6. The number of carbonyl (C=O) groups is 4. The number of nitrogens with zero attached hydrogens (tertiary/aromatic N) is 4. The van der Waals surface area contributed by atoms with Crippen molar-refractivity contribution in [2.45, 2.75) is 163 Å². The number of hydrogen-bond acceptors (Lipinski definition) is 12. The quantitative estimate of drug-likeness (QED) is 0.0765. The third kappa shape index (κ3) is 23.9. The molecule has 2 saturated carbocycles. The summed E-state index contributed by atoms with van der Waals surface area (Å²) in [5.74, 6) is -2.93. The Labute approximate surface area is 395 Å². The van der Waals surface area contributed by atoms with Crippen molar-refractivity contribution < 1.29 is 43.6 Å². The van der Waals surface area contributed by atoms with Crippen LogP contribution in [0.2, 0.25) is 0 Å². The van der Waals surface area contributed by atoms with Crippen molar-refractivity contribution in [1.29, 1.82) is 0 Å². The average molecular weight is 915 g/mol. The van der Waals surface area contributed by atoms with Gasteiger partial charge in [-0.25, -0.2) is 29.2 Å². The van der Waals surface area contributed by atoms with Gasteiger partial charge in [-0.2, -0.15) is 0 Å². The number of carboxylic acids is 1. The summed E-state index contributed by atoms with van der Waals surface area (Å²) in [4.78, 5) is 58.7. The largest absolute Gasteiger partial charge is 0.479 e. The molecule has 0 radical (unpaired) electrons. The van der Waals surface area contributed by atoms with Gasteiger partial charge in [0.25, 0.3) is 0 Å². The summed E-state index contributed by atoms with van der Waals surface area (Å²) in [5, 5.41) is 18.6. The second-order valence-electron chi connectivity index (χ2n) is 16.9. The minimum absolute atomic E-state index is 0. The maximum atomic E-state index is 12.4. The van der Waals surface area contributed by atoms with E-state index in [-0.39, 0.29) is 18.6 Å². The van der Waals surface area contributed by atoms with Crippen LogP contribution in [0.5, 0.6) is 0 Å². The first-order valence-corrected chi connectivity index (χ1v) is 22.4. The number of esters is 3. The first-order valence-electron chi connectivity index (χ1n) is 22.4. The van der Waals surface area contributed by atoms with Crippen LogP contribution in [-0.2, 0) is 44.6 Å². The molecule has 0 aliphatic heterocycles. The number of benzene rings is 2. The number of ether oxygens (including phenoxy) is 3. The molecule has 2 fully saturated rings. The average Bonchev–Trinajstić information content (AvgIpc) is 3.28. The number of aliphatic carboxylic acids is 1. The van der Waals surface area contributed by atoms with Crippen LogP contribution in [0.4, 0.5) is 5.69 Å². The van der Waals surface area contributed by atoms with Crippen LogP contribution in [0.25, 0.3) is 0 Å². The molecule has 5 rings (SSSR count). The van der Waals surface area contributed by atoms with Gasteiger partial charge in [-0.05, 0) is 117 Å². The van der Waals surface area contributed by atoms with E-state index < -0.39 is 47.3 Å². The number of carbonyl (C=O) groups excluding carboxylic acids is 3. The summed E-state index contributed by atoms with van der Waals surface area (Å²) >= 11 is 0. The zero-order chi connectivity index (χ0) is 49.0. The highest BCUT2D eigenvalue weighted by Gasteiger charge is 2.39. The Kier molecular flexibility index (Phi) is 29.0. The van der Waals surface area contributed by atoms with E-state index in [2.05, 4.69) is 38.9 Å². The molecule has 3 aromatic rings. The maximum Gasteiger partial charge on any atom is 0.348 e. The summed E-state index contributed by atoms with van der Waals surface area (Å²) in [6, 6.07) is 27.1. The highest BCUT2D eigenvalue weighted by atomic mass is 16.6. The number of pyridine rings is 1. The molecule has 2 unspecified atom stereocenters. The number of aromatic nitrogens is 1. The van der Waals surface area contributed by atoms with E-state index in [0.717, 1.165) is 68.9 Å². The highest BCUT2D eigenvalue weighted by Crippen LogP contribution is 2.41. The zero-order valence-electron chi connectivity index (χ0n) is 40.4. The normalized spacial score (nSPS) is 14.9. The van der Waals surface area contributed by atoms with E-state index in [4.69, 9.17) is 14.6 Å². The van der Waals surface area contributed by atoms with Gasteiger partial charge >= 0.3 is 23.9 Å². The van der Waals surface area contributed by atoms with E-state index in [1.807, 2.05) is 119 Å². The molecule has 1 heterocycles. The standard InChI is InChI=1S/C19H24O4.C12H16O.C7H10N2.C7H14N2.C7H10O4.CH4/c1-14(2)17(20)22-15(3)18(21)23-19(12-8-5-9-13-19)16-10-6-4-7-11-16;13-12(9-5-2-6-10-12)11-7-3-1-4-8-11;1-9(2)7-3-5-8-6-4-7;1-6(2)8-5-9-7(3)4;1-4(2)7(10)11-5(3)6(8)9;/h4,6-7,10-11,15H,1,5,8-9,12-13H2,2-3H3;1,3-4,7-8,13H,2,5-6,9-10H2;3-6H,1-2H3;6-7H,1-4H3;5H,1H2,2-3H3,(H,8,9);1H4. The fourth-order valence-corrected chi connectivity index (χ4v) is 6.29. The molecular weight excluding hydrogens is 837 g/mol. The predicted octanol–water partition coefficient (Wildman–Crippen LogP) is 11.1. The van der Waals surface area contributed by atoms with Gasteiger partial charge in [0.2, 0.25) is 0 Å². The summed E-state index contributed by atoms with van der Waals surface area (Å²) in [7, 11) is 4.02. The van der Waals surface area contributed by atoms with Gasteiger partial charge in [0.1, 0.15) is 5.60 Å². The van der Waals surface area contributed by atoms with Crippen molar-refractivity contribution in [2.75, 3.05) is 19.0 Å². The lowest BCUT2D eigenvalue weighted by molar-refractivity contribution is -0.180. The van der Waals surface area contributed by atoms with E-state index in [9.17, 15) is 24.3 Å². The van der Waals surface area contributed by atoms with Gasteiger partial charge < -0.3 is 29.3 Å². The molecule has 2 atom stereocenters. The van der Waals surface area contributed by atoms with Crippen molar-refractivity contribution in [1.82, 2.24) is 4.98 Å².